The third-order valence-corrected chi connectivity index (χ3v) is 3.94. The van der Waals surface area contributed by atoms with Gasteiger partial charge in [0.25, 0.3) is 0 Å². The summed E-state index contributed by atoms with van der Waals surface area (Å²) in [4.78, 5) is 23.3. The fourth-order valence-electron chi connectivity index (χ4n) is 2.61. The maximum atomic E-state index is 11.7. The van der Waals surface area contributed by atoms with Gasteiger partial charge < -0.3 is 31.9 Å². The van der Waals surface area contributed by atoms with Crippen molar-refractivity contribution in [3.8, 4) is 0 Å². The van der Waals surface area contributed by atoms with Gasteiger partial charge in [-0.15, -0.1) is 0 Å². The maximum Gasteiger partial charge on any atom is 0.451 e. The molecule has 0 aromatic carbocycles. The van der Waals surface area contributed by atoms with Crippen LogP contribution in [0.5, 0.6) is 0 Å². The van der Waals surface area contributed by atoms with E-state index in [0.29, 0.717) is 25.8 Å². The molecule has 0 aromatic rings. The Hall–Kier alpha value is -1.20. The summed E-state index contributed by atoms with van der Waals surface area (Å²) in [5.74, 6) is -1.36. The van der Waals surface area contributed by atoms with Crippen LogP contribution in [0.4, 0.5) is 0 Å². The number of carboxylic acid groups (broad SMARTS) is 1. The lowest BCUT2D eigenvalue weighted by Gasteiger charge is -2.25. The highest BCUT2D eigenvalue weighted by molar-refractivity contribution is 6.40. The molecule has 1 aliphatic heterocycles. The highest BCUT2D eigenvalue weighted by Crippen LogP contribution is 2.26. The van der Waals surface area contributed by atoms with Crippen molar-refractivity contribution in [3.63, 3.8) is 0 Å². The zero-order valence-corrected chi connectivity index (χ0v) is 12.5. The van der Waals surface area contributed by atoms with E-state index in [1.54, 1.807) is 0 Å². The SMILES string of the molecule is NCC(N)C(=O)N[C@H]1CN[C@@](CCCCB(O)O)(C(=O)O)C1. The molecule has 10 heteroatoms. The molecule has 9 nitrogen and oxygen atoms in total. The average molecular weight is 316 g/mol. The number of amides is 1. The van der Waals surface area contributed by atoms with Crippen molar-refractivity contribution in [1.82, 2.24) is 10.6 Å². The first-order valence-corrected chi connectivity index (χ1v) is 7.41. The van der Waals surface area contributed by atoms with Gasteiger partial charge in [0.15, 0.2) is 0 Å². The highest BCUT2D eigenvalue weighted by atomic mass is 16.4. The fraction of sp³-hybridized carbons (Fsp3) is 0.833. The molecule has 1 rings (SSSR count). The Morgan fingerprint density at radius 2 is 2.09 bits per heavy atom. The van der Waals surface area contributed by atoms with Gasteiger partial charge in [0.1, 0.15) is 5.54 Å². The lowest BCUT2D eigenvalue weighted by Crippen LogP contribution is -2.49. The van der Waals surface area contributed by atoms with E-state index in [9.17, 15) is 14.7 Å². The first kappa shape index (κ1) is 18.9. The first-order valence-electron chi connectivity index (χ1n) is 7.41. The molecular weight excluding hydrogens is 291 g/mol. The molecule has 0 aromatic heterocycles. The Kier molecular flexibility index (Phi) is 7.23. The number of hydrogen-bond acceptors (Lipinski definition) is 7. The summed E-state index contributed by atoms with van der Waals surface area (Å²) in [7, 11) is -1.37. The van der Waals surface area contributed by atoms with Crippen molar-refractivity contribution in [2.45, 2.75) is 49.6 Å². The summed E-state index contributed by atoms with van der Waals surface area (Å²) >= 11 is 0. The molecule has 1 fully saturated rings. The Bertz CT molecular complexity index is 398. The molecule has 1 amide bonds. The summed E-state index contributed by atoms with van der Waals surface area (Å²) in [5, 5.41) is 32.7. The van der Waals surface area contributed by atoms with E-state index in [4.69, 9.17) is 21.5 Å². The number of carbonyl (C=O) groups is 2. The Morgan fingerprint density at radius 1 is 1.41 bits per heavy atom. The van der Waals surface area contributed by atoms with E-state index in [-0.39, 0.29) is 31.2 Å². The molecule has 0 radical (unpaired) electrons. The summed E-state index contributed by atoms with van der Waals surface area (Å²) in [6.07, 6.45) is 1.88. The number of aliphatic carboxylic acids is 1. The normalized spacial score (nSPS) is 25.7. The van der Waals surface area contributed by atoms with Crippen molar-refractivity contribution >= 4 is 19.0 Å². The minimum atomic E-state index is -1.37. The third-order valence-electron chi connectivity index (χ3n) is 3.94. The number of rotatable bonds is 9. The lowest BCUT2D eigenvalue weighted by molar-refractivity contribution is -0.144. The van der Waals surface area contributed by atoms with Gasteiger partial charge in [-0.3, -0.25) is 14.9 Å². The molecule has 0 saturated carbocycles. The van der Waals surface area contributed by atoms with E-state index in [1.165, 1.54) is 0 Å². The second-order valence-corrected chi connectivity index (χ2v) is 5.75. The highest BCUT2D eigenvalue weighted by Gasteiger charge is 2.45. The Morgan fingerprint density at radius 3 is 2.64 bits per heavy atom. The molecule has 22 heavy (non-hydrogen) atoms. The standard InChI is InChI=1S/C12H25BN4O5/c14-6-9(15)10(18)17-8-5-12(11(19)20,16-7-8)3-1-2-4-13(21)22/h8-9,16,21-22H,1-7,14-15H2,(H,17,18)(H,19,20)/t8-,9?,12-/m1/s1. The zero-order chi connectivity index (χ0) is 16.8. The monoisotopic (exact) mass is 316 g/mol. The summed E-state index contributed by atoms with van der Waals surface area (Å²) in [6.45, 7) is 0.373. The van der Waals surface area contributed by atoms with E-state index >= 15 is 0 Å². The van der Waals surface area contributed by atoms with Crippen molar-refractivity contribution in [2.75, 3.05) is 13.1 Å². The number of carbonyl (C=O) groups excluding carboxylic acids is 1. The average Bonchev–Trinajstić information content (AvgIpc) is 2.87. The minimum Gasteiger partial charge on any atom is -0.480 e. The van der Waals surface area contributed by atoms with E-state index in [0.717, 1.165) is 0 Å². The Labute approximate surface area is 129 Å². The molecule has 1 aliphatic rings. The van der Waals surface area contributed by atoms with Gasteiger partial charge in [0, 0.05) is 19.1 Å². The smallest absolute Gasteiger partial charge is 0.451 e. The van der Waals surface area contributed by atoms with Crippen molar-refractivity contribution < 1.29 is 24.7 Å². The molecule has 0 spiro atoms. The van der Waals surface area contributed by atoms with Gasteiger partial charge >= 0.3 is 13.1 Å². The topological polar surface area (TPSA) is 171 Å². The van der Waals surface area contributed by atoms with Crippen LogP contribution in [0.25, 0.3) is 0 Å². The number of nitrogens with one attached hydrogen (secondary N) is 2. The predicted molar refractivity (Wildman–Crippen MR) is 80.8 cm³/mol. The fourth-order valence-corrected chi connectivity index (χ4v) is 2.61. The van der Waals surface area contributed by atoms with Gasteiger partial charge in [0.2, 0.25) is 5.91 Å². The van der Waals surface area contributed by atoms with Crippen LogP contribution in [0.15, 0.2) is 0 Å². The van der Waals surface area contributed by atoms with Crippen LogP contribution in [0, 0.1) is 0 Å². The van der Waals surface area contributed by atoms with E-state index in [2.05, 4.69) is 10.6 Å². The summed E-state index contributed by atoms with van der Waals surface area (Å²) < 4.78 is 0. The first-order chi connectivity index (χ1) is 10.3. The largest absolute Gasteiger partial charge is 0.480 e. The molecule has 0 aliphatic carbocycles. The van der Waals surface area contributed by atoms with Crippen LogP contribution < -0.4 is 22.1 Å². The van der Waals surface area contributed by atoms with E-state index in [1.807, 2.05) is 0 Å². The predicted octanol–water partition coefficient (Wildman–Crippen LogP) is -2.78. The molecule has 1 heterocycles. The number of hydrogen-bond donors (Lipinski definition) is 7. The second-order valence-electron chi connectivity index (χ2n) is 5.75. The summed E-state index contributed by atoms with van der Waals surface area (Å²) in [6, 6.07) is -1.12. The van der Waals surface area contributed by atoms with Gasteiger partial charge in [0.05, 0.1) is 6.04 Å². The second kappa shape index (κ2) is 8.44. The van der Waals surface area contributed by atoms with Gasteiger partial charge in [-0.1, -0.05) is 12.8 Å². The van der Waals surface area contributed by atoms with Gasteiger partial charge in [-0.05, 0) is 19.2 Å². The zero-order valence-electron chi connectivity index (χ0n) is 12.5. The van der Waals surface area contributed by atoms with Crippen LogP contribution in [-0.4, -0.2) is 64.9 Å². The summed E-state index contributed by atoms with van der Waals surface area (Å²) in [5.41, 5.74) is 9.74. The number of nitrogens with two attached hydrogens (primary N) is 2. The molecule has 126 valence electrons. The van der Waals surface area contributed by atoms with Gasteiger partial charge in [-0.2, -0.15) is 0 Å². The molecule has 1 saturated heterocycles. The number of carboxylic acids is 1. The molecular formula is C12H25BN4O5. The molecule has 1 unspecified atom stereocenters. The molecule has 9 N–H and O–H groups in total. The number of unbranched alkanes of at least 4 members (excludes halogenated alkanes) is 1. The quantitative estimate of drug-likeness (QED) is 0.177. The molecule has 0 bridgehead atoms. The van der Waals surface area contributed by atoms with Crippen LogP contribution in [0.2, 0.25) is 6.32 Å². The van der Waals surface area contributed by atoms with Gasteiger partial charge in [-0.25, -0.2) is 0 Å². The Balaban J connectivity index is 2.52. The van der Waals surface area contributed by atoms with Crippen LogP contribution in [0.3, 0.4) is 0 Å². The van der Waals surface area contributed by atoms with E-state index < -0.39 is 24.7 Å². The van der Waals surface area contributed by atoms with Crippen LogP contribution in [0.1, 0.15) is 25.7 Å². The van der Waals surface area contributed by atoms with Crippen molar-refractivity contribution in [3.05, 3.63) is 0 Å². The van der Waals surface area contributed by atoms with Crippen LogP contribution in [-0.2, 0) is 9.59 Å². The van der Waals surface area contributed by atoms with Crippen LogP contribution >= 0.6 is 0 Å². The van der Waals surface area contributed by atoms with Crippen molar-refractivity contribution in [2.24, 2.45) is 11.5 Å². The lowest BCUT2D eigenvalue weighted by atomic mass is 9.81. The van der Waals surface area contributed by atoms with Crippen molar-refractivity contribution in [1.29, 1.82) is 0 Å². The third kappa shape index (κ3) is 5.22. The molecule has 3 atom stereocenters. The maximum absolute atomic E-state index is 11.7. The minimum absolute atomic E-state index is 0.0273.